The first-order valence-corrected chi connectivity index (χ1v) is 12.4. The van der Waals surface area contributed by atoms with Crippen LogP contribution in [-0.2, 0) is 12.3 Å². The van der Waals surface area contributed by atoms with Crippen molar-refractivity contribution in [1.29, 1.82) is 0 Å². The van der Waals surface area contributed by atoms with Gasteiger partial charge < -0.3 is 24.0 Å². The van der Waals surface area contributed by atoms with E-state index < -0.39 is 0 Å². The van der Waals surface area contributed by atoms with Crippen LogP contribution < -0.4 is 10.2 Å². The summed E-state index contributed by atoms with van der Waals surface area (Å²) in [6.45, 7) is 12.0. The molecule has 33 heavy (non-hydrogen) atoms. The Morgan fingerprint density at radius 1 is 1.15 bits per heavy atom. The van der Waals surface area contributed by atoms with E-state index in [1.165, 1.54) is 11.8 Å². The molecular formula is C24H31N5O3S. The van der Waals surface area contributed by atoms with Gasteiger partial charge in [0, 0.05) is 37.9 Å². The fraction of sp³-hybridized carbons (Fsp3) is 0.458. The van der Waals surface area contributed by atoms with Gasteiger partial charge in [0.2, 0.25) is 0 Å². The second-order valence-electron chi connectivity index (χ2n) is 8.33. The number of likely N-dealkylation sites (N-methyl/N-ethyl adjacent to an activating group) is 1. The molecule has 0 spiro atoms. The van der Waals surface area contributed by atoms with Crippen molar-refractivity contribution in [3.05, 3.63) is 59.6 Å². The van der Waals surface area contributed by atoms with Gasteiger partial charge in [0.25, 0.3) is 5.91 Å². The number of aromatic nitrogens is 2. The average molecular weight is 470 g/mol. The van der Waals surface area contributed by atoms with Gasteiger partial charge in [-0.25, -0.2) is 9.97 Å². The smallest absolute Gasteiger partial charge is 0.287 e. The lowest BCUT2D eigenvalue weighted by atomic mass is 10.1. The van der Waals surface area contributed by atoms with Crippen LogP contribution in [0.4, 0.5) is 5.82 Å². The van der Waals surface area contributed by atoms with Crippen LogP contribution in [0, 0.1) is 0 Å². The Labute approximate surface area is 198 Å². The Morgan fingerprint density at radius 3 is 2.67 bits per heavy atom. The summed E-state index contributed by atoms with van der Waals surface area (Å²) in [5.41, 5.74) is 1.04. The molecule has 0 unspecified atom stereocenters. The number of hydrogen-bond donors (Lipinski definition) is 1. The molecule has 0 aliphatic carbocycles. The standard InChI is InChI=1S/C24H31N5O3S/c1-4-28-9-11-29(12-10-28)22-14-20(17(2)3)26-24(27-22)33-16-19-7-8-21(32-19)23(30)25-15-18-6-5-13-31-18/h5-8,13-14,17H,4,9-12,15-16H2,1-3H3,(H,25,30). The number of carbonyl (C=O) groups is 1. The number of piperazine rings is 1. The summed E-state index contributed by atoms with van der Waals surface area (Å²) < 4.78 is 11.0. The minimum absolute atomic E-state index is 0.269. The molecule has 176 valence electrons. The molecule has 1 aliphatic heterocycles. The van der Waals surface area contributed by atoms with Crippen molar-refractivity contribution in [2.45, 2.75) is 44.1 Å². The molecule has 3 aromatic rings. The summed E-state index contributed by atoms with van der Waals surface area (Å²) in [5.74, 6) is 3.27. The van der Waals surface area contributed by atoms with Crippen molar-refractivity contribution in [3.63, 3.8) is 0 Å². The van der Waals surface area contributed by atoms with Crippen molar-refractivity contribution in [3.8, 4) is 0 Å². The lowest BCUT2D eigenvalue weighted by molar-refractivity contribution is 0.0919. The highest BCUT2D eigenvalue weighted by Crippen LogP contribution is 2.27. The van der Waals surface area contributed by atoms with Crippen LogP contribution >= 0.6 is 11.8 Å². The van der Waals surface area contributed by atoms with Gasteiger partial charge in [0.05, 0.1) is 18.6 Å². The van der Waals surface area contributed by atoms with Crippen LogP contribution in [0.5, 0.6) is 0 Å². The van der Waals surface area contributed by atoms with Gasteiger partial charge >= 0.3 is 0 Å². The third-order valence-electron chi connectivity index (χ3n) is 5.68. The average Bonchev–Trinajstić information content (AvgIpc) is 3.53. The van der Waals surface area contributed by atoms with E-state index in [0.29, 0.717) is 29.7 Å². The number of carbonyl (C=O) groups excluding carboxylic acids is 1. The first-order valence-electron chi connectivity index (χ1n) is 11.4. The van der Waals surface area contributed by atoms with E-state index in [2.05, 4.69) is 42.0 Å². The van der Waals surface area contributed by atoms with Crippen LogP contribution in [0.1, 0.15) is 54.5 Å². The molecule has 9 heteroatoms. The molecule has 8 nitrogen and oxygen atoms in total. The predicted octanol–water partition coefficient (Wildman–Crippen LogP) is 4.15. The van der Waals surface area contributed by atoms with Gasteiger partial charge in [0.15, 0.2) is 10.9 Å². The SMILES string of the molecule is CCN1CCN(c2cc(C(C)C)nc(SCc3ccc(C(=O)NCc4ccco4)o3)n2)CC1. The maximum atomic E-state index is 12.3. The lowest BCUT2D eigenvalue weighted by Crippen LogP contribution is -2.46. The normalized spacial score (nSPS) is 14.7. The van der Waals surface area contributed by atoms with Gasteiger partial charge in [0.1, 0.15) is 17.3 Å². The maximum absolute atomic E-state index is 12.3. The zero-order valence-electron chi connectivity index (χ0n) is 19.4. The topological polar surface area (TPSA) is 87.6 Å². The second-order valence-corrected chi connectivity index (χ2v) is 9.27. The summed E-state index contributed by atoms with van der Waals surface area (Å²) >= 11 is 1.52. The molecule has 4 rings (SSSR count). The zero-order valence-corrected chi connectivity index (χ0v) is 20.2. The Bertz CT molecular complexity index is 1040. The van der Waals surface area contributed by atoms with Crippen molar-refractivity contribution in [1.82, 2.24) is 20.2 Å². The number of hydrogen-bond acceptors (Lipinski definition) is 8. The minimum Gasteiger partial charge on any atom is -0.467 e. The van der Waals surface area contributed by atoms with Crippen molar-refractivity contribution >= 4 is 23.5 Å². The first-order chi connectivity index (χ1) is 16.0. The summed E-state index contributed by atoms with van der Waals surface area (Å²) in [6, 6.07) is 9.23. The molecule has 1 amide bonds. The summed E-state index contributed by atoms with van der Waals surface area (Å²) in [4.78, 5) is 26.7. The summed E-state index contributed by atoms with van der Waals surface area (Å²) in [6.07, 6.45) is 1.58. The molecule has 0 atom stereocenters. The quantitative estimate of drug-likeness (QED) is 0.369. The third-order valence-corrected chi connectivity index (χ3v) is 6.55. The van der Waals surface area contributed by atoms with Gasteiger partial charge in [-0.2, -0.15) is 0 Å². The van der Waals surface area contributed by atoms with Crippen molar-refractivity contribution < 1.29 is 13.6 Å². The van der Waals surface area contributed by atoms with E-state index in [-0.39, 0.29) is 11.7 Å². The number of anilines is 1. The highest BCUT2D eigenvalue weighted by Gasteiger charge is 2.19. The Balaban J connectivity index is 1.38. The Morgan fingerprint density at radius 2 is 1.97 bits per heavy atom. The molecule has 0 bridgehead atoms. The Kier molecular flexibility index (Phi) is 7.72. The fourth-order valence-electron chi connectivity index (χ4n) is 3.63. The third kappa shape index (κ3) is 6.17. The molecule has 1 saturated heterocycles. The molecular weight excluding hydrogens is 438 g/mol. The van der Waals surface area contributed by atoms with E-state index in [4.69, 9.17) is 18.8 Å². The number of amides is 1. The van der Waals surface area contributed by atoms with E-state index >= 15 is 0 Å². The van der Waals surface area contributed by atoms with Crippen molar-refractivity contribution in [2.75, 3.05) is 37.6 Å². The highest BCUT2D eigenvalue weighted by atomic mass is 32.2. The molecule has 1 fully saturated rings. The Hall–Kier alpha value is -2.78. The molecule has 0 aromatic carbocycles. The summed E-state index contributed by atoms with van der Waals surface area (Å²) in [5, 5.41) is 3.52. The van der Waals surface area contributed by atoms with E-state index in [1.54, 1.807) is 18.4 Å². The lowest BCUT2D eigenvalue weighted by Gasteiger charge is -2.35. The number of furan rings is 2. The van der Waals surface area contributed by atoms with Crippen LogP contribution in [0.25, 0.3) is 0 Å². The van der Waals surface area contributed by atoms with Gasteiger partial charge in [-0.15, -0.1) is 0 Å². The number of rotatable bonds is 9. The van der Waals surface area contributed by atoms with Gasteiger partial charge in [-0.3, -0.25) is 4.79 Å². The molecule has 1 aliphatic rings. The van der Waals surface area contributed by atoms with E-state index in [1.807, 2.05) is 12.1 Å². The molecule has 4 heterocycles. The molecule has 0 saturated carbocycles. The molecule has 3 aromatic heterocycles. The largest absolute Gasteiger partial charge is 0.467 e. The zero-order chi connectivity index (χ0) is 23.2. The summed E-state index contributed by atoms with van der Waals surface area (Å²) in [7, 11) is 0. The minimum atomic E-state index is -0.269. The predicted molar refractivity (Wildman–Crippen MR) is 129 cm³/mol. The number of nitrogens with zero attached hydrogens (tertiary/aromatic N) is 4. The van der Waals surface area contributed by atoms with Crippen LogP contribution in [0.2, 0.25) is 0 Å². The van der Waals surface area contributed by atoms with Gasteiger partial charge in [-0.1, -0.05) is 32.5 Å². The number of nitrogens with one attached hydrogen (secondary N) is 1. The number of thioether (sulfide) groups is 1. The highest BCUT2D eigenvalue weighted by molar-refractivity contribution is 7.98. The first kappa shape index (κ1) is 23.4. The molecule has 0 radical (unpaired) electrons. The van der Waals surface area contributed by atoms with Crippen molar-refractivity contribution in [2.24, 2.45) is 0 Å². The van der Waals surface area contributed by atoms with Crippen LogP contribution in [-0.4, -0.2) is 53.5 Å². The van der Waals surface area contributed by atoms with Crippen LogP contribution in [0.15, 0.2) is 50.6 Å². The molecule has 1 N–H and O–H groups in total. The second kappa shape index (κ2) is 10.9. The van der Waals surface area contributed by atoms with Gasteiger partial charge in [-0.05, 0) is 36.7 Å². The van der Waals surface area contributed by atoms with E-state index in [0.717, 1.165) is 49.4 Å². The van der Waals surface area contributed by atoms with E-state index in [9.17, 15) is 4.79 Å². The van der Waals surface area contributed by atoms with Crippen LogP contribution in [0.3, 0.4) is 0 Å². The maximum Gasteiger partial charge on any atom is 0.287 e. The monoisotopic (exact) mass is 469 g/mol. The fourth-order valence-corrected chi connectivity index (χ4v) is 4.38.